The number of nitrogens with zero attached hydrogens (tertiary/aromatic N) is 1. The van der Waals surface area contributed by atoms with E-state index in [1.54, 1.807) is 6.92 Å². The van der Waals surface area contributed by atoms with Gasteiger partial charge in [-0.2, -0.15) is 0 Å². The number of carbonyl (C=O) groups excluding carboxylic acids is 1. The van der Waals surface area contributed by atoms with E-state index in [4.69, 9.17) is 9.15 Å². The van der Waals surface area contributed by atoms with Crippen LogP contribution in [0.3, 0.4) is 0 Å². The number of hydrogen-bond acceptors (Lipinski definition) is 4. The lowest BCUT2D eigenvalue weighted by Gasteiger charge is -2.07. The van der Waals surface area contributed by atoms with E-state index >= 15 is 0 Å². The average molecular weight is 235 g/mol. The van der Waals surface area contributed by atoms with Crippen LogP contribution in [0.15, 0.2) is 9.41 Å². The highest BCUT2D eigenvalue weighted by Crippen LogP contribution is 2.27. The molecule has 1 aliphatic heterocycles. The van der Waals surface area contributed by atoms with Crippen molar-refractivity contribution in [2.24, 2.45) is 4.99 Å². The maximum atomic E-state index is 11.5. The van der Waals surface area contributed by atoms with Crippen LogP contribution in [0.5, 0.6) is 0 Å². The van der Waals surface area contributed by atoms with Crippen molar-refractivity contribution in [2.45, 2.75) is 40.2 Å². The van der Waals surface area contributed by atoms with Gasteiger partial charge in [0.1, 0.15) is 12.4 Å². The van der Waals surface area contributed by atoms with E-state index in [9.17, 15) is 4.79 Å². The van der Waals surface area contributed by atoms with E-state index in [2.05, 4.69) is 4.99 Å². The van der Waals surface area contributed by atoms with Crippen molar-refractivity contribution in [1.29, 1.82) is 0 Å². The number of aliphatic imine (C=N–C) groups is 1. The molecule has 0 aromatic carbocycles. The zero-order chi connectivity index (χ0) is 12.8. The SMILES string of the molecule is CC(=O)c1c(C)oc(C2=NC(C)(C)CO2)c1C. The zero-order valence-electron chi connectivity index (χ0n) is 10.9. The Kier molecular flexibility index (Phi) is 2.60. The first kappa shape index (κ1) is 11.9. The summed E-state index contributed by atoms with van der Waals surface area (Å²) in [5, 5.41) is 0. The van der Waals surface area contributed by atoms with Gasteiger partial charge < -0.3 is 9.15 Å². The van der Waals surface area contributed by atoms with Gasteiger partial charge in [-0.25, -0.2) is 4.99 Å². The Labute approximate surface area is 101 Å². The molecule has 0 N–H and O–H groups in total. The molecule has 0 atom stereocenters. The van der Waals surface area contributed by atoms with Gasteiger partial charge >= 0.3 is 0 Å². The van der Waals surface area contributed by atoms with Crippen molar-refractivity contribution in [1.82, 2.24) is 0 Å². The van der Waals surface area contributed by atoms with Crippen molar-refractivity contribution >= 4 is 11.7 Å². The highest BCUT2D eigenvalue weighted by molar-refractivity contribution is 6.02. The van der Waals surface area contributed by atoms with Crippen LogP contribution in [0.1, 0.15) is 48.2 Å². The molecule has 2 rings (SSSR count). The molecular weight excluding hydrogens is 218 g/mol. The molecule has 4 heteroatoms. The molecule has 4 nitrogen and oxygen atoms in total. The van der Waals surface area contributed by atoms with Crippen LogP contribution in [0.4, 0.5) is 0 Å². The molecule has 0 unspecified atom stereocenters. The molecule has 0 bridgehead atoms. The summed E-state index contributed by atoms with van der Waals surface area (Å²) >= 11 is 0. The molecular formula is C13H17NO3. The summed E-state index contributed by atoms with van der Waals surface area (Å²) in [4.78, 5) is 16.0. The Morgan fingerprint density at radius 1 is 1.35 bits per heavy atom. The van der Waals surface area contributed by atoms with Gasteiger partial charge in [0.05, 0.1) is 11.1 Å². The van der Waals surface area contributed by atoms with Crippen molar-refractivity contribution in [3.63, 3.8) is 0 Å². The van der Waals surface area contributed by atoms with Crippen LogP contribution in [0, 0.1) is 13.8 Å². The van der Waals surface area contributed by atoms with E-state index in [0.29, 0.717) is 29.6 Å². The van der Waals surface area contributed by atoms with Gasteiger partial charge in [0.25, 0.3) is 5.90 Å². The van der Waals surface area contributed by atoms with Crippen LogP contribution in [0.25, 0.3) is 0 Å². The van der Waals surface area contributed by atoms with Gasteiger partial charge in [0.2, 0.25) is 0 Å². The molecule has 92 valence electrons. The minimum absolute atomic E-state index is 0.00728. The Hall–Kier alpha value is -1.58. The highest BCUT2D eigenvalue weighted by atomic mass is 16.5. The van der Waals surface area contributed by atoms with E-state index < -0.39 is 0 Å². The molecule has 0 spiro atoms. The molecule has 2 heterocycles. The van der Waals surface area contributed by atoms with Crippen molar-refractivity contribution in [3.8, 4) is 0 Å². The number of carbonyl (C=O) groups is 1. The molecule has 0 saturated carbocycles. The summed E-state index contributed by atoms with van der Waals surface area (Å²) in [5.74, 6) is 1.72. The third kappa shape index (κ3) is 1.99. The summed E-state index contributed by atoms with van der Waals surface area (Å²) in [7, 11) is 0. The number of ether oxygens (including phenoxy) is 1. The summed E-state index contributed by atoms with van der Waals surface area (Å²) in [6.45, 7) is 9.72. The normalized spacial score (nSPS) is 17.8. The lowest BCUT2D eigenvalue weighted by atomic mass is 10.1. The van der Waals surface area contributed by atoms with Gasteiger partial charge in [0, 0.05) is 5.56 Å². The largest absolute Gasteiger partial charge is 0.473 e. The van der Waals surface area contributed by atoms with Crippen molar-refractivity contribution in [2.75, 3.05) is 6.61 Å². The Bertz CT molecular complexity index is 509. The summed E-state index contributed by atoms with van der Waals surface area (Å²) in [5.41, 5.74) is 1.22. The first-order valence-corrected chi connectivity index (χ1v) is 5.66. The second-order valence-corrected chi connectivity index (χ2v) is 5.06. The molecule has 0 amide bonds. The highest BCUT2D eigenvalue weighted by Gasteiger charge is 2.31. The maximum Gasteiger partial charge on any atom is 0.254 e. The molecule has 0 aliphatic carbocycles. The number of Topliss-reactive ketones (excluding diaryl/α,β-unsaturated/α-hetero) is 1. The predicted octanol–water partition coefficient (Wildman–Crippen LogP) is 2.65. The number of furan rings is 1. The molecule has 0 radical (unpaired) electrons. The third-order valence-corrected chi connectivity index (χ3v) is 2.84. The molecule has 1 aromatic rings. The second-order valence-electron chi connectivity index (χ2n) is 5.06. The summed E-state index contributed by atoms with van der Waals surface area (Å²) < 4.78 is 11.1. The lowest BCUT2D eigenvalue weighted by molar-refractivity contribution is 0.101. The average Bonchev–Trinajstić information content (AvgIpc) is 2.67. The Morgan fingerprint density at radius 2 is 2.00 bits per heavy atom. The van der Waals surface area contributed by atoms with E-state index in [0.717, 1.165) is 5.56 Å². The first-order valence-electron chi connectivity index (χ1n) is 5.66. The minimum atomic E-state index is -0.223. The zero-order valence-corrected chi connectivity index (χ0v) is 10.9. The van der Waals surface area contributed by atoms with E-state index in [-0.39, 0.29) is 11.3 Å². The summed E-state index contributed by atoms with van der Waals surface area (Å²) in [6, 6.07) is 0. The number of hydrogen-bond donors (Lipinski definition) is 0. The first-order chi connectivity index (χ1) is 7.82. The topological polar surface area (TPSA) is 51.8 Å². The van der Waals surface area contributed by atoms with Crippen LogP contribution in [0.2, 0.25) is 0 Å². The number of aryl methyl sites for hydroxylation is 1. The maximum absolute atomic E-state index is 11.5. The second kappa shape index (κ2) is 3.72. The molecule has 0 fully saturated rings. The predicted molar refractivity (Wildman–Crippen MR) is 64.8 cm³/mol. The van der Waals surface area contributed by atoms with Crippen molar-refractivity contribution in [3.05, 3.63) is 22.6 Å². The van der Waals surface area contributed by atoms with Gasteiger partial charge in [0.15, 0.2) is 11.5 Å². The number of ketones is 1. The number of rotatable bonds is 2. The standard InChI is InChI=1S/C13H17NO3/c1-7-10(8(2)15)9(3)17-11(7)12-14-13(4,5)6-16-12/h6H2,1-5H3. The van der Waals surface area contributed by atoms with Gasteiger partial charge in [-0.3, -0.25) is 4.79 Å². The van der Waals surface area contributed by atoms with Gasteiger partial charge in [-0.05, 0) is 34.6 Å². The van der Waals surface area contributed by atoms with E-state index in [1.807, 2.05) is 20.8 Å². The smallest absolute Gasteiger partial charge is 0.254 e. The summed E-state index contributed by atoms with van der Waals surface area (Å²) in [6.07, 6.45) is 0. The molecule has 17 heavy (non-hydrogen) atoms. The van der Waals surface area contributed by atoms with Crippen LogP contribution in [-0.4, -0.2) is 23.8 Å². The Morgan fingerprint density at radius 3 is 2.41 bits per heavy atom. The van der Waals surface area contributed by atoms with Gasteiger partial charge in [-0.1, -0.05) is 0 Å². The Balaban J connectivity index is 2.49. The molecule has 0 saturated heterocycles. The van der Waals surface area contributed by atoms with E-state index in [1.165, 1.54) is 6.92 Å². The van der Waals surface area contributed by atoms with Crippen LogP contribution in [-0.2, 0) is 4.74 Å². The van der Waals surface area contributed by atoms with Crippen LogP contribution < -0.4 is 0 Å². The third-order valence-electron chi connectivity index (χ3n) is 2.84. The monoisotopic (exact) mass is 235 g/mol. The van der Waals surface area contributed by atoms with Gasteiger partial charge in [-0.15, -0.1) is 0 Å². The molecule has 1 aliphatic rings. The fourth-order valence-electron chi connectivity index (χ4n) is 2.07. The lowest BCUT2D eigenvalue weighted by Crippen LogP contribution is -2.17. The quantitative estimate of drug-likeness (QED) is 0.740. The molecule has 1 aromatic heterocycles. The van der Waals surface area contributed by atoms with Crippen LogP contribution >= 0.6 is 0 Å². The fourth-order valence-corrected chi connectivity index (χ4v) is 2.07. The minimum Gasteiger partial charge on any atom is -0.473 e. The van der Waals surface area contributed by atoms with Crippen molar-refractivity contribution < 1.29 is 13.9 Å². The fraction of sp³-hybridized carbons (Fsp3) is 0.538.